The van der Waals surface area contributed by atoms with Gasteiger partial charge in [-0.15, -0.1) is 11.8 Å². The molecule has 2 unspecified atom stereocenters. The zero-order chi connectivity index (χ0) is 16.5. The molecule has 1 amide bonds. The number of ether oxygens (including phenoxy) is 1. The Morgan fingerprint density at radius 1 is 1.41 bits per heavy atom. The van der Waals surface area contributed by atoms with Crippen molar-refractivity contribution in [1.82, 2.24) is 5.32 Å². The molecular formula is C16H22ClNO3S. The molecule has 2 atom stereocenters. The number of carbonyl (C=O) groups is 2. The predicted molar refractivity (Wildman–Crippen MR) is 91.0 cm³/mol. The highest BCUT2D eigenvalue weighted by Gasteiger charge is 2.26. The van der Waals surface area contributed by atoms with E-state index in [0.717, 1.165) is 12.0 Å². The van der Waals surface area contributed by atoms with Gasteiger partial charge < -0.3 is 10.1 Å². The van der Waals surface area contributed by atoms with E-state index >= 15 is 0 Å². The lowest BCUT2D eigenvalue weighted by atomic mass is 9.99. The Kier molecular flexibility index (Phi) is 8.35. The second kappa shape index (κ2) is 9.74. The van der Waals surface area contributed by atoms with Crippen LogP contribution in [-0.2, 0) is 20.1 Å². The third kappa shape index (κ3) is 6.28. The maximum Gasteiger partial charge on any atom is 0.328 e. The first-order valence-electron chi connectivity index (χ1n) is 7.17. The Morgan fingerprint density at radius 3 is 2.73 bits per heavy atom. The summed E-state index contributed by atoms with van der Waals surface area (Å²) in [4.78, 5) is 23.7. The molecule has 6 heteroatoms. The zero-order valence-corrected chi connectivity index (χ0v) is 14.7. The summed E-state index contributed by atoms with van der Waals surface area (Å²) in [7, 11) is 1.33. The number of hydrogen-bond acceptors (Lipinski definition) is 4. The molecule has 0 aliphatic heterocycles. The van der Waals surface area contributed by atoms with Crippen molar-refractivity contribution in [2.75, 3.05) is 12.9 Å². The van der Waals surface area contributed by atoms with Gasteiger partial charge in [-0.05, 0) is 23.6 Å². The van der Waals surface area contributed by atoms with Crippen LogP contribution in [0, 0.1) is 5.92 Å². The van der Waals surface area contributed by atoms with Gasteiger partial charge in [-0.1, -0.05) is 44.0 Å². The van der Waals surface area contributed by atoms with Crippen molar-refractivity contribution in [3.63, 3.8) is 0 Å². The predicted octanol–water partition coefficient (Wildman–Crippen LogP) is 3.28. The minimum absolute atomic E-state index is 0.0364. The molecule has 0 aliphatic carbocycles. The normalized spacial score (nSPS) is 13.3. The molecule has 1 rings (SSSR count). The fourth-order valence-corrected chi connectivity index (χ4v) is 2.90. The Balaban J connectivity index is 2.45. The van der Waals surface area contributed by atoms with E-state index in [1.807, 2.05) is 38.1 Å². The summed E-state index contributed by atoms with van der Waals surface area (Å²) >= 11 is 7.40. The van der Waals surface area contributed by atoms with E-state index in [-0.39, 0.29) is 17.6 Å². The highest BCUT2D eigenvalue weighted by atomic mass is 35.5. The van der Waals surface area contributed by atoms with Crippen LogP contribution in [0.2, 0.25) is 5.02 Å². The molecule has 0 heterocycles. The zero-order valence-electron chi connectivity index (χ0n) is 13.1. The lowest BCUT2D eigenvalue weighted by molar-refractivity contribution is -0.146. The maximum absolute atomic E-state index is 12.0. The summed E-state index contributed by atoms with van der Waals surface area (Å²) in [5.41, 5.74) is 1.07. The third-order valence-corrected chi connectivity index (χ3v) is 4.61. The Bertz CT molecular complexity index is 510. The average molecular weight is 344 g/mol. The summed E-state index contributed by atoms with van der Waals surface area (Å²) in [6.45, 7) is 3.89. The van der Waals surface area contributed by atoms with Crippen molar-refractivity contribution < 1.29 is 14.3 Å². The lowest BCUT2D eigenvalue weighted by Crippen LogP contribution is -2.46. The van der Waals surface area contributed by atoms with Gasteiger partial charge in [0.1, 0.15) is 6.04 Å². The SMILES string of the molecule is CCC(C)C(NC(=O)CSCc1cccc(Cl)c1)C(=O)OC. The molecule has 22 heavy (non-hydrogen) atoms. The van der Waals surface area contributed by atoms with E-state index in [0.29, 0.717) is 10.8 Å². The van der Waals surface area contributed by atoms with Crippen LogP contribution in [0.5, 0.6) is 0 Å². The van der Waals surface area contributed by atoms with Gasteiger partial charge in [0.25, 0.3) is 0 Å². The highest BCUT2D eigenvalue weighted by molar-refractivity contribution is 7.99. The van der Waals surface area contributed by atoms with Crippen LogP contribution in [0.25, 0.3) is 0 Å². The van der Waals surface area contributed by atoms with Gasteiger partial charge in [-0.25, -0.2) is 4.79 Å². The summed E-state index contributed by atoms with van der Waals surface area (Å²) < 4.78 is 4.75. The van der Waals surface area contributed by atoms with E-state index in [1.165, 1.54) is 18.9 Å². The fourth-order valence-electron chi connectivity index (χ4n) is 1.90. The Labute approximate surface area is 140 Å². The first-order chi connectivity index (χ1) is 10.5. The first kappa shape index (κ1) is 18.8. The van der Waals surface area contributed by atoms with E-state index in [1.54, 1.807) is 0 Å². The molecule has 0 fully saturated rings. The topological polar surface area (TPSA) is 55.4 Å². The van der Waals surface area contributed by atoms with Crippen molar-refractivity contribution in [3.05, 3.63) is 34.9 Å². The first-order valence-corrected chi connectivity index (χ1v) is 8.70. The molecule has 0 aromatic heterocycles. The monoisotopic (exact) mass is 343 g/mol. The molecule has 0 saturated carbocycles. The van der Waals surface area contributed by atoms with E-state index < -0.39 is 12.0 Å². The number of rotatable bonds is 8. The third-order valence-electron chi connectivity index (χ3n) is 3.38. The van der Waals surface area contributed by atoms with Crippen molar-refractivity contribution in [1.29, 1.82) is 0 Å². The maximum atomic E-state index is 12.0. The number of amides is 1. The average Bonchev–Trinajstić information content (AvgIpc) is 2.51. The second-order valence-electron chi connectivity index (χ2n) is 5.08. The van der Waals surface area contributed by atoms with Gasteiger partial charge in [0.2, 0.25) is 5.91 Å². The van der Waals surface area contributed by atoms with Crippen LogP contribution < -0.4 is 5.32 Å². The number of carbonyl (C=O) groups excluding carboxylic acids is 2. The molecule has 0 spiro atoms. The minimum atomic E-state index is -0.589. The summed E-state index contributed by atoms with van der Waals surface area (Å²) in [5.74, 6) is 0.455. The minimum Gasteiger partial charge on any atom is -0.467 e. The molecule has 1 aromatic rings. The van der Waals surface area contributed by atoms with Crippen molar-refractivity contribution in [2.24, 2.45) is 5.92 Å². The molecular weight excluding hydrogens is 322 g/mol. The van der Waals surface area contributed by atoms with Gasteiger partial charge in [-0.3, -0.25) is 4.79 Å². The number of methoxy groups -OCH3 is 1. The second-order valence-corrected chi connectivity index (χ2v) is 6.50. The van der Waals surface area contributed by atoms with Gasteiger partial charge >= 0.3 is 5.97 Å². The number of benzene rings is 1. The number of nitrogens with one attached hydrogen (secondary N) is 1. The Hall–Kier alpha value is -1.20. The highest BCUT2D eigenvalue weighted by Crippen LogP contribution is 2.17. The largest absolute Gasteiger partial charge is 0.467 e. The van der Waals surface area contributed by atoms with Crippen LogP contribution in [0.15, 0.2) is 24.3 Å². The molecule has 122 valence electrons. The van der Waals surface area contributed by atoms with Crippen LogP contribution in [0.1, 0.15) is 25.8 Å². The van der Waals surface area contributed by atoms with Crippen LogP contribution in [0.3, 0.4) is 0 Å². The van der Waals surface area contributed by atoms with E-state index in [2.05, 4.69) is 5.32 Å². The summed E-state index contributed by atoms with van der Waals surface area (Å²) in [5, 5.41) is 3.44. The summed E-state index contributed by atoms with van der Waals surface area (Å²) in [6, 6.07) is 6.95. The molecule has 0 bridgehead atoms. The van der Waals surface area contributed by atoms with Crippen LogP contribution in [0.4, 0.5) is 0 Å². The molecule has 0 saturated heterocycles. The number of esters is 1. The smallest absolute Gasteiger partial charge is 0.328 e. The van der Waals surface area contributed by atoms with Gasteiger partial charge in [0.15, 0.2) is 0 Å². The fraction of sp³-hybridized carbons (Fsp3) is 0.500. The number of hydrogen-bond donors (Lipinski definition) is 1. The van der Waals surface area contributed by atoms with Gasteiger partial charge in [-0.2, -0.15) is 0 Å². The quantitative estimate of drug-likeness (QED) is 0.736. The van der Waals surface area contributed by atoms with Crippen molar-refractivity contribution in [3.8, 4) is 0 Å². The van der Waals surface area contributed by atoms with Gasteiger partial charge in [0, 0.05) is 10.8 Å². The van der Waals surface area contributed by atoms with Crippen LogP contribution >= 0.6 is 23.4 Å². The lowest BCUT2D eigenvalue weighted by Gasteiger charge is -2.21. The molecule has 1 N–H and O–H groups in total. The molecule has 1 aromatic carbocycles. The number of halogens is 1. The van der Waals surface area contributed by atoms with Crippen molar-refractivity contribution >= 4 is 35.2 Å². The van der Waals surface area contributed by atoms with E-state index in [4.69, 9.17) is 16.3 Å². The standard InChI is InChI=1S/C16H22ClNO3S/c1-4-11(2)15(16(20)21-3)18-14(19)10-22-9-12-6-5-7-13(17)8-12/h5-8,11,15H,4,9-10H2,1-3H3,(H,18,19). The molecule has 0 aliphatic rings. The van der Waals surface area contributed by atoms with E-state index in [9.17, 15) is 9.59 Å². The number of thioether (sulfide) groups is 1. The molecule has 0 radical (unpaired) electrons. The molecule has 4 nitrogen and oxygen atoms in total. The van der Waals surface area contributed by atoms with Gasteiger partial charge in [0.05, 0.1) is 12.9 Å². The Morgan fingerprint density at radius 2 is 2.14 bits per heavy atom. The summed E-state index contributed by atoms with van der Waals surface area (Å²) in [6.07, 6.45) is 0.787. The van der Waals surface area contributed by atoms with Crippen LogP contribution in [-0.4, -0.2) is 30.8 Å². The van der Waals surface area contributed by atoms with Crippen molar-refractivity contribution in [2.45, 2.75) is 32.1 Å².